The van der Waals surface area contributed by atoms with Crippen molar-refractivity contribution in [2.24, 2.45) is 11.8 Å². The van der Waals surface area contributed by atoms with E-state index in [1.165, 1.54) is 17.4 Å². The van der Waals surface area contributed by atoms with Gasteiger partial charge in [0.15, 0.2) is 0 Å². The van der Waals surface area contributed by atoms with E-state index in [0.717, 1.165) is 50.1 Å². The first-order valence-corrected chi connectivity index (χ1v) is 8.98. The normalized spacial score (nSPS) is 27.4. The first-order chi connectivity index (χ1) is 11.2. The van der Waals surface area contributed by atoms with Crippen molar-refractivity contribution in [3.63, 3.8) is 0 Å². The van der Waals surface area contributed by atoms with Crippen molar-refractivity contribution in [3.8, 4) is 0 Å². The van der Waals surface area contributed by atoms with Gasteiger partial charge in [0.25, 0.3) is 0 Å². The highest BCUT2D eigenvalue weighted by Gasteiger charge is 2.30. The minimum absolute atomic E-state index is 0.248. The Labute approximate surface area is 137 Å². The summed E-state index contributed by atoms with van der Waals surface area (Å²) in [5.74, 6) is 1.90. The monoisotopic (exact) mass is 312 g/mol. The van der Waals surface area contributed by atoms with Crippen molar-refractivity contribution >= 4 is 16.7 Å². The highest BCUT2D eigenvalue weighted by Crippen LogP contribution is 2.36. The highest BCUT2D eigenvalue weighted by molar-refractivity contribution is 5.81. The third kappa shape index (κ3) is 3.06. The molecule has 0 amide bonds. The summed E-state index contributed by atoms with van der Waals surface area (Å²) in [5.41, 5.74) is 2.43. The standard InChI is InChI=1S/C20H25FN2/c1-14-11-16(12-18(14)21)4-3-15-5-6-17-7-8-20(22-19(17)13-15)23-9-2-10-23/h5-8,13-14,16,18H,2-4,9-12H2,1H3/t14-,16+,18+/m1/s1. The van der Waals surface area contributed by atoms with Crippen LogP contribution in [-0.2, 0) is 6.42 Å². The van der Waals surface area contributed by atoms with Gasteiger partial charge in [-0.2, -0.15) is 0 Å². The summed E-state index contributed by atoms with van der Waals surface area (Å²) in [4.78, 5) is 7.15. The van der Waals surface area contributed by atoms with E-state index in [0.29, 0.717) is 5.92 Å². The van der Waals surface area contributed by atoms with Crippen LogP contribution >= 0.6 is 0 Å². The SMILES string of the molecule is C[C@@H]1C[C@H](CCc2ccc3ccc(N4CCC4)nc3c2)C[C@@H]1F. The molecule has 2 fully saturated rings. The quantitative estimate of drug-likeness (QED) is 0.809. The van der Waals surface area contributed by atoms with Crippen molar-refractivity contribution in [2.45, 2.75) is 45.2 Å². The molecule has 1 aliphatic heterocycles. The van der Waals surface area contributed by atoms with Crippen molar-refractivity contribution < 1.29 is 4.39 Å². The number of pyridine rings is 1. The van der Waals surface area contributed by atoms with Gasteiger partial charge in [-0.25, -0.2) is 9.37 Å². The van der Waals surface area contributed by atoms with Crippen LogP contribution in [0.25, 0.3) is 10.9 Å². The van der Waals surface area contributed by atoms with Crippen molar-refractivity contribution in [3.05, 3.63) is 35.9 Å². The minimum atomic E-state index is -0.586. The van der Waals surface area contributed by atoms with Crippen LogP contribution in [0.15, 0.2) is 30.3 Å². The molecule has 3 heteroatoms. The molecule has 1 aliphatic carbocycles. The molecule has 23 heavy (non-hydrogen) atoms. The van der Waals surface area contributed by atoms with Crippen LogP contribution in [0.3, 0.4) is 0 Å². The summed E-state index contributed by atoms with van der Waals surface area (Å²) in [5, 5.41) is 1.20. The number of anilines is 1. The molecule has 1 saturated carbocycles. The molecule has 3 atom stereocenters. The number of fused-ring (bicyclic) bond motifs is 1. The van der Waals surface area contributed by atoms with Gasteiger partial charge in [0, 0.05) is 18.5 Å². The predicted molar refractivity (Wildman–Crippen MR) is 93.7 cm³/mol. The van der Waals surface area contributed by atoms with Gasteiger partial charge in [0.1, 0.15) is 12.0 Å². The van der Waals surface area contributed by atoms with E-state index in [9.17, 15) is 4.39 Å². The van der Waals surface area contributed by atoms with Gasteiger partial charge >= 0.3 is 0 Å². The maximum atomic E-state index is 13.6. The zero-order valence-electron chi connectivity index (χ0n) is 13.8. The number of benzene rings is 1. The lowest BCUT2D eigenvalue weighted by Gasteiger charge is -2.32. The molecule has 122 valence electrons. The molecule has 1 aromatic heterocycles. The van der Waals surface area contributed by atoms with E-state index in [1.54, 1.807) is 0 Å². The molecule has 2 aromatic rings. The summed E-state index contributed by atoms with van der Waals surface area (Å²) in [6.07, 6.45) is 4.63. The number of nitrogens with zero attached hydrogens (tertiary/aromatic N) is 2. The molecule has 0 unspecified atom stereocenters. The fraction of sp³-hybridized carbons (Fsp3) is 0.550. The fourth-order valence-corrected chi connectivity index (χ4v) is 3.96. The van der Waals surface area contributed by atoms with Crippen molar-refractivity contribution in [1.29, 1.82) is 0 Å². The lowest BCUT2D eigenvalue weighted by atomic mass is 9.96. The summed E-state index contributed by atoms with van der Waals surface area (Å²) in [7, 11) is 0. The molecule has 0 spiro atoms. The van der Waals surface area contributed by atoms with Crippen LogP contribution in [0.1, 0.15) is 38.2 Å². The summed E-state index contributed by atoms with van der Waals surface area (Å²) >= 11 is 0. The first-order valence-electron chi connectivity index (χ1n) is 8.98. The second-order valence-electron chi connectivity index (χ2n) is 7.41. The average molecular weight is 312 g/mol. The second-order valence-corrected chi connectivity index (χ2v) is 7.41. The second kappa shape index (κ2) is 6.10. The molecule has 1 aromatic carbocycles. The molecular weight excluding hydrogens is 287 g/mol. The first kappa shape index (κ1) is 14.9. The van der Waals surface area contributed by atoms with E-state index >= 15 is 0 Å². The Balaban J connectivity index is 1.47. The van der Waals surface area contributed by atoms with Crippen LogP contribution in [0, 0.1) is 11.8 Å². The van der Waals surface area contributed by atoms with Gasteiger partial charge in [-0.1, -0.05) is 19.1 Å². The van der Waals surface area contributed by atoms with Gasteiger partial charge in [-0.05, 0) is 67.7 Å². The van der Waals surface area contributed by atoms with E-state index in [-0.39, 0.29) is 5.92 Å². The molecule has 1 saturated heterocycles. The lowest BCUT2D eigenvalue weighted by molar-refractivity contribution is 0.275. The highest BCUT2D eigenvalue weighted by atomic mass is 19.1. The maximum Gasteiger partial charge on any atom is 0.129 e. The summed E-state index contributed by atoms with van der Waals surface area (Å²) < 4.78 is 13.6. The van der Waals surface area contributed by atoms with E-state index in [4.69, 9.17) is 4.98 Å². The molecular formula is C20H25FN2. The van der Waals surface area contributed by atoms with Crippen LogP contribution < -0.4 is 4.90 Å². The zero-order valence-corrected chi connectivity index (χ0v) is 13.8. The maximum absolute atomic E-state index is 13.6. The van der Waals surface area contributed by atoms with Crippen LogP contribution in [0.5, 0.6) is 0 Å². The van der Waals surface area contributed by atoms with E-state index in [2.05, 4.69) is 35.2 Å². The smallest absolute Gasteiger partial charge is 0.129 e. The van der Waals surface area contributed by atoms with E-state index < -0.39 is 6.17 Å². The Morgan fingerprint density at radius 3 is 2.70 bits per heavy atom. The van der Waals surface area contributed by atoms with Crippen molar-refractivity contribution in [2.75, 3.05) is 18.0 Å². The Bertz CT molecular complexity index is 685. The topological polar surface area (TPSA) is 16.1 Å². The number of halogens is 1. The van der Waals surface area contributed by atoms with Crippen LogP contribution in [0.2, 0.25) is 0 Å². The molecule has 4 rings (SSSR count). The lowest BCUT2D eigenvalue weighted by Crippen LogP contribution is -2.37. The molecule has 0 N–H and O–H groups in total. The van der Waals surface area contributed by atoms with Crippen LogP contribution in [0.4, 0.5) is 10.2 Å². The Kier molecular flexibility index (Phi) is 3.96. The largest absolute Gasteiger partial charge is 0.356 e. The molecule has 0 radical (unpaired) electrons. The van der Waals surface area contributed by atoms with Crippen LogP contribution in [-0.4, -0.2) is 24.2 Å². The third-order valence-corrected chi connectivity index (χ3v) is 5.64. The zero-order chi connectivity index (χ0) is 15.8. The molecule has 0 bridgehead atoms. The number of hydrogen-bond acceptors (Lipinski definition) is 2. The molecule has 2 aliphatic rings. The minimum Gasteiger partial charge on any atom is -0.356 e. The summed E-state index contributed by atoms with van der Waals surface area (Å²) in [6, 6.07) is 10.9. The van der Waals surface area contributed by atoms with Gasteiger partial charge in [0.05, 0.1) is 5.52 Å². The Morgan fingerprint density at radius 2 is 2.00 bits per heavy atom. The number of aromatic nitrogens is 1. The number of aryl methyl sites for hydroxylation is 1. The van der Waals surface area contributed by atoms with Gasteiger partial charge < -0.3 is 4.90 Å². The third-order valence-electron chi connectivity index (χ3n) is 5.64. The predicted octanol–water partition coefficient (Wildman–Crippen LogP) is 4.76. The fourth-order valence-electron chi connectivity index (χ4n) is 3.96. The Morgan fingerprint density at radius 1 is 1.17 bits per heavy atom. The van der Waals surface area contributed by atoms with Gasteiger partial charge in [-0.3, -0.25) is 0 Å². The van der Waals surface area contributed by atoms with Gasteiger partial charge in [-0.15, -0.1) is 0 Å². The summed E-state index contributed by atoms with van der Waals surface area (Å²) in [6.45, 7) is 4.30. The molecule has 2 heterocycles. The average Bonchev–Trinajstić information content (AvgIpc) is 2.82. The number of alkyl halides is 1. The Hall–Kier alpha value is -1.64. The van der Waals surface area contributed by atoms with E-state index in [1.807, 2.05) is 6.92 Å². The van der Waals surface area contributed by atoms with Crippen molar-refractivity contribution in [1.82, 2.24) is 4.98 Å². The molecule has 2 nitrogen and oxygen atoms in total. The number of rotatable bonds is 4. The van der Waals surface area contributed by atoms with Gasteiger partial charge in [0.2, 0.25) is 0 Å². The number of hydrogen-bond donors (Lipinski definition) is 0.